The summed E-state index contributed by atoms with van der Waals surface area (Å²) in [5.74, 6) is -0.207. The minimum Gasteiger partial charge on any atom is -0.756 e. The maximum absolute atomic E-state index is 13.1. The molecule has 87 heavy (non-hydrogen) atoms. The van der Waals surface area contributed by atoms with Crippen molar-refractivity contribution in [1.82, 2.24) is 5.32 Å². The first-order chi connectivity index (χ1) is 42.5. The minimum atomic E-state index is -4.62. The smallest absolute Gasteiger partial charge is 0.268 e. The second-order valence-electron chi connectivity index (χ2n) is 26.3. The van der Waals surface area contributed by atoms with Crippen LogP contribution in [0, 0.1) is 0 Å². The van der Waals surface area contributed by atoms with Crippen LogP contribution in [0.1, 0.15) is 341 Å². The molecule has 8 nitrogen and oxygen atoms in total. The second-order valence-corrected chi connectivity index (χ2v) is 27.7. The summed E-state index contributed by atoms with van der Waals surface area (Å²) in [5.41, 5.74) is 0. The summed E-state index contributed by atoms with van der Waals surface area (Å²) in [6.07, 6.45) is 98.4. The van der Waals surface area contributed by atoms with Crippen molar-refractivity contribution >= 4 is 13.7 Å². The maximum Gasteiger partial charge on any atom is 0.268 e. The van der Waals surface area contributed by atoms with Crippen LogP contribution in [0.3, 0.4) is 0 Å². The number of hydrogen-bond acceptors (Lipinski definition) is 6. The van der Waals surface area contributed by atoms with Gasteiger partial charge in [-0.3, -0.25) is 9.36 Å². The van der Waals surface area contributed by atoms with Crippen LogP contribution in [0.25, 0.3) is 0 Å². The summed E-state index contributed by atoms with van der Waals surface area (Å²) in [4.78, 5) is 25.7. The first-order valence-electron chi connectivity index (χ1n) is 37.1. The summed E-state index contributed by atoms with van der Waals surface area (Å²) in [7, 11) is 1.25. The van der Waals surface area contributed by atoms with Gasteiger partial charge in [-0.05, 0) is 83.5 Å². The normalized spacial score (nSPS) is 14.1. The molecule has 0 spiro atoms. The second kappa shape index (κ2) is 67.8. The van der Waals surface area contributed by atoms with Crippen molar-refractivity contribution in [3.05, 3.63) is 97.2 Å². The summed E-state index contributed by atoms with van der Waals surface area (Å²) >= 11 is 0. The van der Waals surface area contributed by atoms with E-state index in [0.717, 1.165) is 77.0 Å². The average Bonchev–Trinajstić information content (AvgIpc) is 3.71. The number of aliphatic hydroxyl groups is 1. The fourth-order valence-electron chi connectivity index (χ4n) is 10.8. The van der Waals surface area contributed by atoms with Gasteiger partial charge < -0.3 is 28.8 Å². The van der Waals surface area contributed by atoms with E-state index < -0.39 is 26.6 Å². The minimum absolute atomic E-state index is 0.00921. The highest BCUT2D eigenvalue weighted by Gasteiger charge is 2.23. The highest BCUT2D eigenvalue weighted by molar-refractivity contribution is 7.45. The number of amides is 1. The van der Waals surface area contributed by atoms with Crippen molar-refractivity contribution in [2.45, 2.75) is 353 Å². The Kier molecular flexibility index (Phi) is 65.8. The van der Waals surface area contributed by atoms with E-state index in [1.54, 1.807) is 6.08 Å². The van der Waals surface area contributed by atoms with E-state index in [1.165, 1.54) is 244 Å². The van der Waals surface area contributed by atoms with E-state index in [9.17, 15) is 19.4 Å². The zero-order valence-corrected chi connectivity index (χ0v) is 58.9. The van der Waals surface area contributed by atoms with Crippen LogP contribution in [0.15, 0.2) is 97.2 Å². The van der Waals surface area contributed by atoms with Gasteiger partial charge in [0.15, 0.2) is 0 Å². The van der Waals surface area contributed by atoms with Gasteiger partial charge in [-0.25, -0.2) is 0 Å². The first kappa shape index (κ1) is 84.4. The monoisotopic (exact) mass is 1240 g/mol. The molecule has 0 bridgehead atoms. The average molecular weight is 1240 g/mol. The van der Waals surface area contributed by atoms with Crippen LogP contribution < -0.4 is 10.2 Å². The van der Waals surface area contributed by atoms with Crippen molar-refractivity contribution < 1.29 is 32.9 Å². The Balaban J connectivity index is 4.08. The number of allylic oxidation sites excluding steroid dienone is 15. The van der Waals surface area contributed by atoms with Crippen molar-refractivity contribution in [2.75, 3.05) is 40.9 Å². The predicted molar refractivity (Wildman–Crippen MR) is 380 cm³/mol. The molecule has 0 saturated carbocycles. The zero-order valence-electron chi connectivity index (χ0n) is 58.0. The molecule has 0 aromatic heterocycles. The molecule has 0 rings (SSSR count). The molecule has 506 valence electrons. The summed E-state index contributed by atoms with van der Waals surface area (Å²) in [6, 6.07) is -0.911. The van der Waals surface area contributed by atoms with Gasteiger partial charge in [0, 0.05) is 6.42 Å². The highest BCUT2D eigenvalue weighted by atomic mass is 31.2. The summed E-state index contributed by atoms with van der Waals surface area (Å²) in [6.45, 7) is 4.55. The number of phosphoric acid groups is 1. The highest BCUT2D eigenvalue weighted by Crippen LogP contribution is 2.38. The predicted octanol–water partition coefficient (Wildman–Crippen LogP) is 23.4. The third-order valence-electron chi connectivity index (χ3n) is 16.5. The van der Waals surface area contributed by atoms with Crippen molar-refractivity contribution in [1.29, 1.82) is 0 Å². The number of quaternary nitrogens is 1. The van der Waals surface area contributed by atoms with Gasteiger partial charge in [-0.2, -0.15) is 0 Å². The third-order valence-corrected chi connectivity index (χ3v) is 17.5. The fraction of sp³-hybridized carbons (Fsp3) is 0.782. The molecule has 3 atom stereocenters. The number of nitrogens with one attached hydrogen (secondary N) is 1. The number of carbonyl (C=O) groups is 1. The van der Waals surface area contributed by atoms with Gasteiger partial charge in [0.05, 0.1) is 39.9 Å². The largest absolute Gasteiger partial charge is 0.756 e. The molecule has 0 aromatic rings. The number of carbonyl (C=O) groups excluding carboxylic acids is 1. The number of hydrogen-bond donors (Lipinski definition) is 2. The van der Waals surface area contributed by atoms with Gasteiger partial charge in [0.1, 0.15) is 13.2 Å². The molecule has 0 aliphatic rings. The number of unbranched alkanes of at least 4 members (excludes halogenated alkanes) is 41. The lowest BCUT2D eigenvalue weighted by atomic mass is 10.0. The Morgan fingerprint density at radius 2 is 0.713 bits per heavy atom. The van der Waals surface area contributed by atoms with Gasteiger partial charge >= 0.3 is 0 Å². The van der Waals surface area contributed by atoms with E-state index in [0.29, 0.717) is 17.4 Å². The van der Waals surface area contributed by atoms with Gasteiger partial charge in [0.2, 0.25) is 5.91 Å². The van der Waals surface area contributed by atoms with E-state index in [4.69, 9.17) is 9.05 Å². The molecule has 0 saturated heterocycles. The molecule has 1 amide bonds. The zero-order chi connectivity index (χ0) is 63.4. The van der Waals surface area contributed by atoms with Gasteiger partial charge in [0.25, 0.3) is 7.82 Å². The van der Waals surface area contributed by atoms with Crippen LogP contribution in [-0.2, 0) is 18.4 Å². The molecule has 0 heterocycles. The lowest BCUT2D eigenvalue weighted by molar-refractivity contribution is -0.870. The number of likely N-dealkylation sites (N-methyl/N-ethyl adjacent to an activating group) is 1. The molecule has 2 N–H and O–H groups in total. The first-order valence-corrected chi connectivity index (χ1v) is 38.6. The number of phosphoric ester groups is 1. The third kappa shape index (κ3) is 70.7. The van der Waals surface area contributed by atoms with E-state index in [-0.39, 0.29) is 12.5 Å². The SMILES string of the molecule is CC/C=C\C/C=C\C/C=C\C/C=C\C/C=C\C/C=C\CCCCCCCCCCCCCCCCC(=O)NC(COP(=O)([O-])OCC[N+](C)(C)C)C(O)/C=C/CC/C=C/CCCCCCCCCCCCCCCCCCCCCCCCCCCC. The summed E-state index contributed by atoms with van der Waals surface area (Å²) < 4.78 is 23.5. The molecule has 9 heteroatoms. The van der Waals surface area contributed by atoms with Crippen molar-refractivity contribution in [3.63, 3.8) is 0 Å². The molecule has 0 radical (unpaired) electrons. The Morgan fingerprint density at radius 1 is 0.414 bits per heavy atom. The Morgan fingerprint density at radius 3 is 1.07 bits per heavy atom. The van der Waals surface area contributed by atoms with Crippen molar-refractivity contribution in [2.24, 2.45) is 0 Å². The van der Waals surface area contributed by atoms with Gasteiger partial charge in [-0.1, -0.05) is 349 Å². The fourth-order valence-corrected chi connectivity index (χ4v) is 11.5. The van der Waals surface area contributed by atoms with Crippen LogP contribution in [0.5, 0.6) is 0 Å². The Hall–Kier alpha value is -2.58. The Labute approximate surface area is 540 Å². The lowest BCUT2D eigenvalue weighted by Gasteiger charge is -2.29. The van der Waals surface area contributed by atoms with Crippen molar-refractivity contribution in [3.8, 4) is 0 Å². The van der Waals surface area contributed by atoms with Crippen LogP contribution in [-0.4, -0.2) is 68.5 Å². The standard InChI is InChI=1S/C78H143N2O6P/c1-6-8-10-12-14-16-18-20-22-24-26-28-30-32-34-36-38-40-42-44-46-48-50-52-54-56-58-60-62-64-66-68-70-72-78(82)79-76(75-86-87(83,84)85-74-73-80(3,4)5)77(81)71-69-67-65-63-61-59-57-55-53-51-49-47-45-43-41-39-37-35-33-31-29-27-25-23-21-19-17-15-13-11-9-7-2/h8,10,14,16,20,22,26,28,32,34,38,40,61,63,69,71,76-77,81H,6-7,9,11-13,15,17-19,21,23-25,27,29-31,33,35-37,39,41-60,62,64-68,70,72-75H2,1-5H3,(H-,79,82,83,84)/b10-8-,16-14-,22-20-,28-26-,34-32-,40-38-,63-61+,71-69+. The summed E-state index contributed by atoms with van der Waals surface area (Å²) in [5, 5.41) is 14.0. The number of nitrogens with zero attached hydrogens (tertiary/aromatic N) is 1. The molecule has 0 aromatic carbocycles. The van der Waals surface area contributed by atoms with Crippen LogP contribution in [0.2, 0.25) is 0 Å². The van der Waals surface area contributed by atoms with Gasteiger partial charge in [-0.15, -0.1) is 0 Å². The van der Waals surface area contributed by atoms with Crippen LogP contribution in [0.4, 0.5) is 0 Å². The molecule has 0 aliphatic heterocycles. The molecule has 3 unspecified atom stereocenters. The maximum atomic E-state index is 13.1. The Bertz CT molecular complexity index is 1740. The molecule has 0 fully saturated rings. The molecular formula is C78H143N2O6P. The molecule has 0 aliphatic carbocycles. The quantitative estimate of drug-likeness (QED) is 0.0272. The van der Waals surface area contributed by atoms with E-state index in [2.05, 4.69) is 104 Å². The van der Waals surface area contributed by atoms with E-state index >= 15 is 0 Å². The van der Waals surface area contributed by atoms with Crippen LogP contribution >= 0.6 is 7.82 Å². The van der Waals surface area contributed by atoms with E-state index in [1.807, 2.05) is 27.2 Å². The topological polar surface area (TPSA) is 108 Å². The number of rotatable bonds is 68. The lowest BCUT2D eigenvalue weighted by Crippen LogP contribution is -2.45. The molecular weight excluding hydrogens is 1090 g/mol. The number of aliphatic hydroxyl groups excluding tert-OH is 1.